The summed E-state index contributed by atoms with van der Waals surface area (Å²) in [5.41, 5.74) is 6.44. The molecule has 0 saturated carbocycles. The lowest BCUT2D eigenvalue weighted by atomic mass is 10.3. The van der Waals surface area contributed by atoms with E-state index in [9.17, 15) is 9.18 Å². The number of nitrogen functional groups attached to an aromatic ring is 1. The van der Waals surface area contributed by atoms with Crippen LogP contribution in [0.2, 0.25) is 0 Å². The van der Waals surface area contributed by atoms with Gasteiger partial charge in [-0.3, -0.25) is 9.89 Å². The summed E-state index contributed by atoms with van der Waals surface area (Å²) in [4.78, 5) is 12.3. The fraction of sp³-hybridized carbons (Fsp3) is 0. The van der Waals surface area contributed by atoms with Crippen molar-refractivity contribution in [1.29, 1.82) is 0 Å². The molecule has 6 nitrogen and oxygen atoms in total. The van der Waals surface area contributed by atoms with E-state index in [0.29, 0.717) is 11.4 Å². The monoisotopic (exact) mass is 297 g/mol. The molecule has 0 fully saturated rings. The smallest absolute Gasteiger partial charge is 0.301 e. The maximum Gasteiger partial charge on any atom is 0.301 e. The van der Waals surface area contributed by atoms with E-state index in [1.54, 1.807) is 24.3 Å². The molecule has 0 aliphatic rings. The van der Waals surface area contributed by atoms with Gasteiger partial charge in [-0.1, -0.05) is 18.2 Å². The van der Waals surface area contributed by atoms with Crippen LogP contribution in [0.1, 0.15) is 0 Å². The van der Waals surface area contributed by atoms with Crippen molar-refractivity contribution < 1.29 is 4.39 Å². The fourth-order valence-electron chi connectivity index (χ4n) is 1.92. The Hall–Kier alpha value is -3.22. The van der Waals surface area contributed by atoms with Crippen LogP contribution >= 0.6 is 0 Å². The molecule has 1 aromatic heterocycles. The molecule has 0 bridgehead atoms. The predicted octanol–water partition coefficient (Wildman–Crippen LogP) is 3.30. The Morgan fingerprint density at radius 1 is 1.00 bits per heavy atom. The Morgan fingerprint density at radius 2 is 1.68 bits per heavy atom. The second-order valence-corrected chi connectivity index (χ2v) is 4.53. The van der Waals surface area contributed by atoms with Crippen molar-refractivity contribution >= 4 is 17.2 Å². The molecule has 3 N–H and O–H groups in total. The Labute approximate surface area is 124 Å². The normalized spacial score (nSPS) is 11.1. The number of H-pyrrole nitrogens is 1. The highest BCUT2D eigenvalue weighted by Gasteiger charge is 2.12. The molecule has 110 valence electrons. The van der Waals surface area contributed by atoms with Crippen molar-refractivity contribution in [3.05, 3.63) is 70.8 Å². The third-order valence-corrected chi connectivity index (χ3v) is 3.00. The highest BCUT2D eigenvalue weighted by molar-refractivity contribution is 5.57. The molecule has 3 aromatic rings. The lowest BCUT2D eigenvalue weighted by molar-refractivity contribution is 0.628. The molecule has 0 spiro atoms. The first-order valence-electron chi connectivity index (χ1n) is 6.48. The van der Waals surface area contributed by atoms with Gasteiger partial charge in [0.05, 0.1) is 11.4 Å². The number of aromatic amines is 1. The average Bonchev–Trinajstić information content (AvgIpc) is 2.82. The maximum absolute atomic E-state index is 12.8. The molecule has 0 unspecified atom stereocenters. The number of hydrogen-bond acceptors (Lipinski definition) is 4. The largest absolute Gasteiger partial charge is 0.382 e. The molecule has 2 aromatic carbocycles. The number of para-hydroxylation sites is 1. The zero-order valence-corrected chi connectivity index (χ0v) is 11.4. The van der Waals surface area contributed by atoms with Crippen molar-refractivity contribution in [1.82, 2.24) is 9.78 Å². The Kier molecular flexibility index (Phi) is 3.53. The quantitative estimate of drug-likeness (QED) is 0.726. The van der Waals surface area contributed by atoms with Crippen molar-refractivity contribution in [2.75, 3.05) is 5.73 Å². The summed E-state index contributed by atoms with van der Waals surface area (Å²) in [6.45, 7) is 0. The van der Waals surface area contributed by atoms with E-state index >= 15 is 0 Å². The number of halogens is 1. The number of anilines is 1. The third kappa shape index (κ3) is 2.64. The summed E-state index contributed by atoms with van der Waals surface area (Å²) < 4.78 is 14.1. The molecule has 1 heterocycles. The van der Waals surface area contributed by atoms with Gasteiger partial charge in [0.25, 0.3) is 0 Å². The number of hydrogen-bond donors (Lipinski definition) is 2. The number of azo groups is 1. The Morgan fingerprint density at radius 3 is 2.36 bits per heavy atom. The van der Waals surface area contributed by atoms with Crippen molar-refractivity contribution in [2.45, 2.75) is 0 Å². The zero-order valence-electron chi connectivity index (χ0n) is 11.4. The van der Waals surface area contributed by atoms with Gasteiger partial charge in [-0.05, 0) is 36.4 Å². The van der Waals surface area contributed by atoms with E-state index < -0.39 is 5.56 Å². The first kappa shape index (κ1) is 13.7. The SMILES string of the molecule is Nc1[nH]n(-c2ccccc2)c(=O)c1N=Nc1ccc(F)cc1. The molecular weight excluding hydrogens is 285 g/mol. The number of benzene rings is 2. The van der Waals surface area contributed by atoms with E-state index in [1.165, 1.54) is 28.9 Å². The van der Waals surface area contributed by atoms with E-state index in [2.05, 4.69) is 15.3 Å². The molecule has 0 saturated heterocycles. The predicted molar refractivity (Wildman–Crippen MR) is 81.4 cm³/mol. The van der Waals surface area contributed by atoms with Crippen molar-refractivity contribution in [2.24, 2.45) is 10.2 Å². The van der Waals surface area contributed by atoms with Crippen LogP contribution in [0, 0.1) is 5.82 Å². The number of rotatable bonds is 3. The average molecular weight is 297 g/mol. The van der Waals surface area contributed by atoms with Crippen molar-refractivity contribution in [3.8, 4) is 5.69 Å². The number of aromatic nitrogens is 2. The van der Waals surface area contributed by atoms with Crippen LogP contribution < -0.4 is 11.3 Å². The van der Waals surface area contributed by atoms with Gasteiger partial charge in [-0.25, -0.2) is 9.07 Å². The van der Waals surface area contributed by atoms with Crippen LogP contribution in [0.3, 0.4) is 0 Å². The van der Waals surface area contributed by atoms with Crippen LogP contribution in [0.25, 0.3) is 5.69 Å². The van der Waals surface area contributed by atoms with Crippen molar-refractivity contribution in [3.63, 3.8) is 0 Å². The number of nitrogens with one attached hydrogen (secondary N) is 1. The van der Waals surface area contributed by atoms with E-state index in [-0.39, 0.29) is 17.3 Å². The van der Waals surface area contributed by atoms with Gasteiger partial charge < -0.3 is 5.73 Å². The molecular formula is C15H12FN5O. The van der Waals surface area contributed by atoms with Crippen LogP contribution in [-0.2, 0) is 0 Å². The molecule has 22 heavy (non-hydrogen) atoms. The first-order chi connectivity index (χ1) is 10.6. The van der Waals surface area contributed by atoms with Gasteiger partial charge in [-0.15, -0.1) is 5.11 Å². The molecule has 0 aliphatic carbocycles. The molecule has 7 heteroatoms. The molecule has 0 amide bonds. The summed E-state index contributed by atoms with van der Waals surface area (Å²) in [6.07, 6.45) is 0. The highest BCUT2D eigenvalue weighted by Crippen LogP contribution is 2.20. The lowest BCUT2D eigenvalue weighted by Crippen LogP contribution is -2.13. The number of nitrogens with zero attached hydrogens (tertiary/aromatic N) is 3. The molecule has 3 rings (SSSR count). The molecule has 0 radical (unpaired) electrons. The zero-order chi connectivity index (χ0) is 15.5. The van der Waals surface area contributed by atoms with Crippen LogP contribution in [0.4, 0.5) is 21.6 Å². The van der Waals surface area contributed by atoms with Crippen LogP contribution in [-0.4, -0.2) is 9.78 Å². The molecule has 0 atom stereocenters. The van der Waals surface area contributed by atoms with Gasteiger partial charge in [0.15, 0.2) is 5.69 Å². The summed E-state index contributed by atoms with van der Waals surface area (Å²) in [7, 11) is 0. The van der Waals surface area contributed by atoms with Gasteiger partial charge in [0, 0.05) is 0 Å². The summed E-state index contributed by atoms with van der Waals surface area (Å²) >= 11 is 0. The van der Waals surface area contributed by atoms with Gasteiger partial charge in [0.1, 0.15) is 11.6 Å². The van der Waals surface area contributed by atoms with Gasteiger partial charge in [-0.2, -0.15) is 5.11 Å². The minimum Gasteiger partial charge on any atom is -0.382 e. The Bertz CT molecular complexity index is 865. The van der Waals surface area contributed by atoms with E-state index in [4.69, 9.17) is 5.73 Å². The van der Waals surface area contributed by atoms with Gasteiger partial charge in [0.2, 0.25) is 0 Å². The fourth-order valence-corrected chi connectivity index (χ4v) is 1.92. The second kappa shape index (κ2) is 5.65. The summed E-state index contributed by atoms with van der Waals surface area (Å²) in [6, 6.07) is 14.4. The minimum absolute atomic E-state index is 0.00757. The van der Waals surface area contributed by atoms with Crippen LogP contribution in [0.15, 0.2) is 69.6 Å². The Balaban J connectivity index is 1.97. The van der Waals surface area contributed by atoms with Gasteiger partial charge >= 0.3 is 5.56 Å². The first-order valence-corrected chi connectivity index (χ1v) is 6.48. The topological polar surface area (TPSA) is 88.5 Å². The lowest BCUT2D eigenvalue weighted by Gasteiger charge is -1.98. The maximum atomic E-state index is 12.8. The van der Waals surface area contributed by atoms with E-state index in [1.807, 2.05) is 6.07 Å². The number of nitrogens with two attached hydrogens (primary N) is 1. The summed E-state index contributed by atoms with van der Waals surface area (Å²) in [5.74, 6) is -0.258. The van der Waals surface area contributed by atoms with Crippen LogP contribution in [0.5, 0.6) is 0 Å². The molecule has 0 aliphatic heterocycles. The highest BCUT2D eigenvalue weighted by atomic mass is 19.1. The van der Waals surface area contributed by atoms with E-state index in [0.717, 1.165) is 0 Å². The third-order valence-electron chi connectivity index (χ3n) is 3.00. The minimum atomic E-state index is -0.408. The second-order valence-electron chi connectivity index (χ2n) is 4.53. The standard InChI is InChI=1S/C15H12FN5O/c16-10-6-8-11(9-7-10)18-19-13-14(17)20-21(15(13)22)12-4-2-1-3-5-12/h1-9,20H,17H2. The summed E-state index contributed by atoms with van der Waals surface area (Å²) in [5, 5.41) is 10.5.